The van der Waals surface area contributed by atoms with Crippen LogP contribution in [0.3, 0.4) is 0 Å². The van der Waals surface area contributed by atoms with Gasteiger partial charge in [-0.1, -0.05) is 43.7 Å². The average Bonchev–Trinajstić information content (AvgIpc) is 2.36. The van der Waals surface area contributed by atoms with Crippen LogP contribution in [0, 0.1) is 18.8 Å². The molecule has 2 nitrogen and oxygen atoms in total. The summed E-state index contributed by atoms with van der Waals surface area (Å²) >= 11 is 0. The molecule has 0 unspecified atom stereocenters. The second-order valence-electron chi connectivity index (χ2n) is 6.06. The number of Topliss-reactive ketones (excluding diaryl/α,β-unsaturated/α-hetero) is 1. The molecule has 0 bridgehead atoms. The number of benzene rings is 1. The maximum absolute atomic E-state index is 12.3. The molecule has 1 aliphatic heterocycles. The third kappa shape index (κ3) is 3.06. The number of rotatable bonds is 3. The Morgan fingerprint density at radius 3 is 2.74 bits per heavy atom. The standard InChI is InChI=1S/C17H25NO/c1-5-16(19)15-11-18(4)10-13(3)17(15)14-8-6-7-12(2)9-14/h6-9,13,15,17H,5,10-11H2,1-4H3/t13-,15-,17-/m1/s1. The zero-order valence-electron chi connectivity index (χ0n) is 12.5. The van der Waals surface area contributed by atoms with E-state index in [1.54, 1.807) is 0 Å². The van der Waals surface area contributed by atoms with Gasteiger partial charge in [-0.25, -0.2) is 0 Å². The Kier molecular flexibility index (Phi) is 4.41. The first-order valence-corrected chi connectivity index (χ1v) is 7.30. The van der Waals surface area contributed by atoms with Gasteiger partial charge in [0.15, 0.2) is 0 Å². The van der Waals surface area contributed by atoms with Crippen molar-refractivity contribution in [2.75, 3.05) is 20.1 Å². The normalized spacial score (nSPS) is 28.3. The van der Waals surface area contributed by atoms with Gasteiger partial charge in [-0.3, -0.25) is 4.79 Å². The molecule has 2 rings (SSSR count). The predicted molar refractivity (Wildman–Crippen MR) is 79.4 cm³/mol. The molecule has 1 aromatic rings. The second-order valence-corrected chi connectivity index (χ2v) is 6.06. The topological polar surface area (TPSA) is 20.3 Å². The van der Waals surface area contributed by atoms with Gasteiger partial charge in [-0.05, 0) is 31.4 Å². The zero-order chi connectivity index (χ0) is 14.0. The van der Waals surface area contributed by atoms with Crippen LogP contribution in [0.5, 0.6) is 0 Å². The number of hydrogen-bond donors (Lipinski definition) is 0. The third-order valence-corrected chi connectivity index (χ3v) is 4.34. The van der Waals surface area contributed by atoms with Crippen LogP contribution in [-0.4, -0.2) is 30.8 Å². The molecule has 0 aliphatic carbocycles. The molecule has 1 aromatic carbocycles. The smallest absolute Gasteiger partial charge is 0.137 e. The van der Waals surface area contributed by atoms with Gasteiger partial charge in [0.1, 0.15) is 5.78 Å². The van der Waals surface area contributed by atoms with Crippen LogP contribution >= 0.6 is 0 Å². The lowest BCUT2D eigenvalue weighted by Gasteiger charge is -2.41. The number of hydrogen-bond acceptors (Lipinski definition) is 2. The Balaban J connectivity index is 2.35. The summed E-state index contributed by atoms with van der Waals surface area (Å²) in [6.45, 7) is 8.36. The van der Waals surface area contributed by atoms with Gasteiger partial charge in [0, 0.05) is 25.4 Å². The molecule has 0 radical (unpaired) electrons. The van der Waals surface area contributed by atoms with E-state index in [1.165, 1.54) is 11.1 Å². The number of likely N-dealkylation sites (tertiary alicyclic amines) is 1. The molecule has 0 N–H and O–H groups in total. The van der Waals surface area contributed by atoms with Crippen molar-refractivity contribution in [3.8, 4) is 0 Å². The fraction of sp³-hybridized carbons (Fsp3) is 0.588. The first kappa shape index (κ1) is 14.3. The minimum Gasteiger partial charge on any atom is -0.305 e. The van der Waals surface area contributed by atoms with Crippen LogP contribution in [0.1, 0.15) is 37.3 Å². The summed E-state index contributed by atoms with van der Waals surface area (Å²) < 4.78 is 0. The molecule has 3 atom stereocenters. The van der Waals surface area contributed by atoms with E-state index in [1.807, 2.05) is 6.92 Å². The van der Waals surface area contributed by atoms with Gasteiger partial charge in [-0.2, -0.15) is 0 Å². The van der Waals surface area contributed by atoms with Gasteiger partial charge in [0.05, 0.1) is 0 Å². The SMILES string of the molecule is CCC(=O)[C@H]1CN(C)C[C@@H](C)[C@@H]1c1cccc(C)c1. The fourth-order valence-corrected chi connectivity index (χ4v) is 3.53. The van der Waals surface area contributed by atoms with Crippen LogP contribution < -0.4 is 0 Å². The van der Waals surface area contributed by atoms with E-state index in [4.69, 9.17) is 0 Å². The molecule has 1 saturated heterocycles. The molecule has 0 amide bonds. The van der Waals surface area contributed by atoms with E-state index >= 15 is 0 Å². The van der Waals surface area contributed by atoms with Crippen LogP contribution in [0.25, 0.3) is 0 Å². The van der Waals surface area contributed by atoms with E-state index in [2.05, 4.69) is 50.1 Å². The molecule has 0 saturated carbocycles. The van der Waals surface area contributed by atoms with Crippen molar-refractivity contribution in [2.45, 2.75) is 33.1 Å². The van der Waals surface area contributed by atoms with Crippen molar-refractivity contribution >= 4 is 5.78 Å². The summed E-state index contributed by atoms with van der Waals surface area (Å²) in [6.07, 6.45) is 0.646. The molecule has 1 aliphatic rings. The number of nitrogens with zero attached hydrogens (tertiary/aromatic N) is 1. The van der Waals surface area contributed by atoms with Crippen LogP contribution in [0.4, 0.5) is 0 Å². The lowest BCUT2D eigenvalue weighted by Crippen LogP contribution is -2.45. The number of carbonyl (C=O) groups excluding carboxylic acids is 1. The van der Waals surface area contributed by atoms with E-state index < -0.39 is 0 Å². The Hall–Kier alpha value is -1.15. The van der Waals surface area contributed by atoms with Crippen LogP contribution in [0.2, 0.25) is 0 Å². The zero-order valence-corrected chi connectivity index (χ0v) is 12.5. The molecule has 19 heavy (non-hydrogen) atoms. The van der Waals surface area contributed by atoms with E-state index in [0.717, 1.165) is 13.1 Å². The molecular formula is C17H25NO. The van der Waals surface area contributed by atoms with Crippen molar-refractivity contribution in [1.82, 2.24) is 4.90 Å². The Morgan fingerprint density at radius 2 is 2.11 bits per heavy atom. The minimum absolute atomic E-state index is 0.153. The van der Waals surface area contributed by atoms with Crippen LogP contribution in [-0.2, 0) is 4.79 Å². The monoisotopic (exact) mass is 259 g/mol. The average molecular weight is 259 g/mol. The van der Waals surface area contributed by atoms with Crippen molar-refractivity contribution in [1.29, 1.82) is 0 Å². The maximum atomic E-state index is 12.3. The van der Waals surface area contributed by atoms with E-state index in [-0.39, 0.29) is 5.92 Å². The molecule has 0 aromatic heterocycles. The minimum atomic E-state index is 0.153. The Bertz CT molecular complexity index is 454. The van der Waals surface area contributed by atoms with Gasteiger partial charge in [0.25, 0.3) is 0 Å². The highest BCUT2D eigenvalue weighted by molar-refractivity contribution is 5.82. The lowest BCUT2D eigenvalue weighted by molar-refractivity contribution is -0.125. The highest BCUT2D eigenvalue weighted by Gasteiger charge is 2.37. The predicted octanol–water partition coefficient (Wildman–Crippen LogP) is 3.26. The number of carbonyl (C=O) groups is 1. The van der Waals surface area contributed by atoms with Gasteiger partial charge >= 0.3 is 0 Å². The van der Waals surface area contributed by atoms with Crippen molar-refractivity contribution in [2.24, 2.45) is 11.8 Å². The summed E-state index contributed by atoms with van der Waals surface area (Å²) in [7, 11) is 2.12. The number of piperidine rings is 1. The largest absolute Gasteiger partial charge is 0.305 e. The van der Waals surface area contributed by atoms with Crippen molar-refractivity contribution in [3.63, 3.8) is 0 Å². The first-order chi connectivity index (χ1) is 9.02. The van der Waals surface area contributed by atoms with E-state index in [9.17, 15) is 4.79 Å². The fourth-order valence-electron chi connectivity index (χ4n) is 3.53. The summed E-state index contributed by atoms with van der Waals surface area (Å²) in [5, 5.41) is 0. The van der Waals surface area contributed by atoms with E-state index in [0.29, 0.717) is 24.0 Å². The molecule has 0 spiro atoms. The summed E-state index contributed by atoms with van der Waals surface area (Å²) in [4.78, 5) is 14.6. The van der Waals surface area contributed by atoms with Crippen molar-refractivity contribution < 1.29 is 4.79 Å². The molecule has 1 heterocycles. The maximum Gasteiger partial charge on any atom is 0.137 e. The van der Waals surface area contributed by atoms with Crippen molar-refractivity contribution in [3.05, 3.63) is 35.4 Å². The third-order valence-electron chi connectivity index (χ3n) is 4.34. The van der Waals surface area contributed by atoms with Gasteiger partial charge < -0.3 is 4.90 Å². The Morgan fingerprint density at radius 1 is 1.37 bits per heavy atom. The first-order valence-electron chi connectivity index (χ1n) is 7.30. The highest BCUT2D eigenvalue weighted by Crippen LogP contribution is 2.37. The van der Waals surface area contributed by atoms with Gasteiger partial charge in [-0.15, -0.1) is 0 Å². The quantitative estimate of drug-likeness (QED) is 0.830. The molecule has 104 valence electrons. The molecule has 2 heteroatoms. The lowest BCUT2D eigenvalue weighted by atomic mass is 9.72. The van der Waals surface area contributed by atoms with Gasteiger partial charge in [0.2, 0.25) is 0 Å². The molecular weight excluding hydrogens is 234 g/mol. The summed E-state index contributed by atoms with van der Waals surface area (Å²) in [5.74, 6) is 1.47. The highest BCUT2D eigenvalue weighted by atomic mass is 16.1. The summed E-state index contributed by atoms with van der Waals surface area (Å²) in [6, 6.07) is 8.68. The number of ketones is 1. The Labute approximate surface area is 116 Å². The number of aryl methyl sites for hydroxylation is 1. The molecule has 1 fully saturated rings. The summed E-state index contributed by atoms with van der Waals surface area (Å²) in [5.41, 5.74) is 2.62. The van der Waals surface area contributed by atoms with Crippen LogP contribution in [0.15, 0.2) is 24.3 Å². The second kappa shape index (κ2) is 5.87.